The zero-order valence-electron chi connectivity index (χ0n) is 16.0. The fourth-order valence-corrected chi connectivity index (χ4v) is 3.85. The molecule has 1 saturated heterocycles. The Morgan fingerprint density at radius 3 is 2.77 bits per heavy atom. The van der Waals surface area contributed by atoms with Crippen molar-refractivity contribution in [1.82, 2.24) is 34.5 Å². The largest absolute Gasteiger partial charge is 0.394 e. The molecule has 11 nitrogen and oxygen atoms in total. The van der Waals surface area contributed by atoms with Crippen LogP contribution in [0.3, 0.4) is 0 Å². The molecule has 0 amide bonds. The standard InChI is InChI=1S/C19H18ClN7O4/c20-11-3-1-2-10(4-11)5-26-6-12(24-25-26)14-15-18(22-8-21-14)27(9-23-15)19-17(30)16(29)13(7-28)31-19/h1-4,6,8-9,13,16-17,19,28-30H,5,7H2/t13-,16-,17-,19-/m1/s1. The van der Waals surface area contributed by atoms with Gasteiger partial charge in [0.1, 0.15) is 41.5 Å². The van der Waals surface area contributed by atoms with E-state index in [1.807, 2.05) is 18.2 Å². The fourth-order valence-electron chi connectivity index (χ4n) is 3.64. The maximum absolute atomic E-state index is 10.3. The van der Waals surface area contributed by atoms with E-state index in [9.17, 15) is 15.3 Å². The van der Waals surface area contributed by atoms with Gasteiger partial charge in [0.05, 0.1) is 25.7 Å². The molecule has 0 unspecified atom stereocenters. The summed E-state index contributed by atoms with van der Waals surface area (Å²) in [6.45, 7) is 0.0656. The molecule has 1 aromatic carbocycles. The van der Waals surface area contributed by atoms with Crippen molar-refractivity contribution in [3.05, 3.63) is 53.7 Å². The quantitative estimate of drug-likeness (QED) is 0.399. The summed E-state index contributed by atoms with van der Waals surface area (Å²) in [7, 11) is 0. The van der Waals surface area contributed by atoms with Gasteiger partial charge in [-0.2, -0.15) is 0 Å². The average molecular weight is 444 g/mol. The zero-order chi connectivity index (χ0) is 21.5. The molecule has 1 aliphatic rings. The van der Waals surface area contributed by atoms with Gasteiger partial charge in [-0.1, -0.05) is 28.9 Å². The highest BCUT2D eigenvalue weighted by atomic mass is 35.5. The number of aliphatic hydroxyl groups excluding tert-OH is 3. The van der Waals surface area contributed by atoms with Crippen LogP contribution in [0.15, 0.2) is 43.1 Å². The highest BCUT2D eigenvalue weighted by molar-refractivity contribution is 6.30. The molecule has 4 heterocycles. The molecule has 160 valence electrons. The summed E-state index contributed by atoms with van der Waals surface area (Å²) in [5, 5.41) is 38.7. The van der Waals surface area contributed by atoms with Crippen LogP contribution in [-0.4, -0.2) is 74.8 Å². The van der Waals surface area contributed by atoms with E-state index in [1.54, 1.807) is 16.9 Å². The number of fused-ring (bicyclic) bond motifs is 1. The highest BCUT2D eigenvalue weighted by Crippen LogP contribution is 2.32. The molecular weight excluding hydrogens is 426 g/mol. The minimum atomic E-state index is -1.24. The van der Waals surface area contributed by atoms with Crippen LogP contribution in [0.1, 0.15) is 11.8 Å². The number of aromatic nitrogens is 7. The van der Waals surface area contributed by atoms with Gasteiger partial charge in [0.2, 0.25) is 0 Å². The van der Waals surface area contributed by atoms with E-state index in [4.69, 9.17) is 16.3 Å². The van der Waals surface area contributed by atoms with Gasteiger partial charge in [-0.05, 0) is 17.7 Å². The Morgan fingerprint density at radius 1 is 1.13 bits per heavy atom. The maximum atomic E-state index is 10.3. The highest BCUT2D eigenvalue weighted by Gasteiger charge is 2.44. The second kappa shape index (κ2) is 7.94. The summed E-state index contributed by atoms with van der Waals surface area (Å²) in [6.07, 6.45) is 0.233. The third-order valence-corrected chi connectivity index (χ3v) is 5.40. The van der Waals surface area contributed by atoms with E-state index in [2.05, 4.69) is 25.3 Å². The first-order valence-electron chi connectivity index (χ1n) is 9.50. The number of halogens is 1. The first kappa shape index (κ1) is 20.0. The van der Waals surface area contributed by atoms with Crippen molar-refractivity contribution in [2.24, 2.45) is 0 Å². The molecule has 5 rings (SSSR count). The van der Waals surface area contributed by atoms with Crippen molar-refractivity contribution >= 4 is 22.8 Å². The molecule has 3 N–H and O–H groups in total. The van der Waals surface area contributed by atoms with E-state index < -0.39 is 31.1 Å². The molecule has 4 aromatic rings. The molecule has 0 spiro atoms. The molecule has 0 bridgehead atoms. The summed E-state index contributed by atoms with van der Waals surface area (Å²) in [5.41, 5.74) is 2.78. The summed E-state index contributed by atoms with van der Waals surface area (Å²) in [5.74, 6) is 0. The SMILES string of the molecule is OC[C@H]1O[C@@H](n2cnc3c(-c4cn(Cc5cccc(Cl)c5)nn4)ncnc32)[C@H](O)[C@@H]1O. The fraction of sp³-hybridized carbons (Fsp3) is 0.316. The van der Waals surface area contributed by atoms with Crippen LogP contribution in [0.2, 0.25) is 5.02 Å². The van der Waals surface area contributed by atoms with Gasteiger partial charge in [0.15, 0.2) is 11.9 Å². The predicted molar refractivity (Wildman–Crippen MR) is 108 cm³/mol. The van der Waals surface area contributed by atoms with Crippen LogP contribution in [0.4, 0.5) is 0 Å². The molecular formula is C19H18ClN7O4. The van der Waals surface area contributed by atoms with Gasteiger partial charge in [0.25, 0.3) is 0 Å². The number of hydrogen-bond acceptors (Lipinski definition) is 9. The van der Waals surface area contributed by atoms with Crippen molar-refractivity contribution in [1.29, 1.82) is 0 Å². The van der Waals surface area contributed by atoms with Crippen LogP contribution in [0.5, 0.6) is 0 Å². The molecule has 12 heteroatoms. The summed E-state index contributed by atoms with van der Waals surface area (Å²) in [6, 6.07) is 7.47. The number of nitrogens with zero attached hydrogens (tertiary/aromatic N) is 7. The van der Waals surface area contributed by atoms with E-state index >= 15 is 0 Å². The maximum Gasteiger partial charge on any atom is 0.166 e. The van der Waals surface area contributed by atoms with E-state index in [0.29, 0.717) is 34.1 Å². The summed E-state index contributed by atoms with van der Waals surface area (Å²) in [4.78, 5) is 12.9. The monoisotopic (exact) mass is 443 g/mol. The van der Waals surface area contributed by atoms with Crippen molar-refractivity contribution in [3.8, 4) is 11.4 Å². The van der Waals surface area contributed by atoms with Crippen molar-refractivity contribution in [3.63, 3.8) is 0 Å². The van der Waals surface area contributed by atoms with Gasteiger partial charge in [-0.3, -0.25) is 4.57 Å². The van der Waals surface area contributed by atoms with Gasteiger partial charge in [-0.15, -0.1) is 5.10 Å². The average Bonchev–Trinajstić information content (AvgIpc) is 3.47. The van der Waals surface area contributed by atoms with Gasteiger partial charge in [-0.25, -0.2) is 19.6 Å². The van der Waals surface area contributed by atoms with Crippen LogP contribution in [0.25, 0.3) is 22.6 Å². The van der Waals surface area contributed by atoms with Crippen LogP contribution in [0, 0.1) is 0 Å². The minimum Gasteiger partial charge on any atom is -0.394 e. The Labute approximate surface area is 180 Å². The Bertz CT molecular complexity index is 1230. The van der Waals surface area contributed by atoms with Crippen molar-refractivity contribution < 1.29 is 20.1 Å². The molecule has 0 aliphatic carbocycles. The lowest BCUT2D eigenvalue weighted by Gasteiger charge is -2.16. The number of rotatable bonds is 5. The van der Waals surface area contributed by atoms with Crippen LogP contribution in [-0.2, 0) is 11.3 Å². The molecule has 0 saturated carbocycles. The first-order valence-corrected chi connectivity index (χ1v) is 9.88. The Balaban J connectivity index is 1.46. The topological polar surface area (TPSA) is 144 Å². The number of ether oxygens (including phenoxy) is 1. The van der Waals surface area contributed by atoms with E-state index in [1.165, 1.54) is 17.2 Å². The van der Waals surface area contributed by atoms with Gasteiger partial charge < -0.3 is 20.1 Å². The van der Waals surface area contributed by atoms with Gasteiger partial charge >= 0.3 is 0 Å². The normalized spacial score (nSPS) is 23.6. The van der Waals surface area contributed by atoms with Gasteiger partial charge in [0, 0.05) is 5.02 Å². The summed E-state index contributed by atoms with van der Waals surface area (Å²) < 4.78 is 8.75. The zero-order valence-corrected chi connectivity index (χ0v) is 16.8. The number of imidazole rings is 1. The molecule has 4 atom stereocenters. The number of aliphatic hydroxyl groups is 3. The lowest BCUT2D eigenvalue weighted by atomic mass is 10.1. The van der Waals surface area contributed by atoms with E-state index in [-0.39, 0.29) is 0 Å². The summed E-state index contributed by atoms with van der Waals surface area (Å²) >= 11 is 6.04. The van der Waals surface area contributed by atoms with E-state index in [0.717, 1.165) is 5.56 Å². The molecule has 0 radical (unpaired) electrons. The molecule has 3 aromatic heterocycles. The number of hydrogen-bond donors (Lipinski definition) is 3. The Kier molecular flexibility index (Phi) is 5.12. The third-order valence-electron chi connectivity index (χ3n) is 5.16. The molecule has 1 fully saturated rings. The minimum absolute atomic E-state index is 0.393. The lowest BCUT2D eigenvalue weighted by Crippen LogP contribution is -2.33. The third kappa shape index (κ3) is 3.56. The molecule has 31 heavy (non-hydrogen) atoms. The Morgan fingerprint density at radius 2 is 2.00 bits per heavy atom. The lowest BCUT2D eigenvalue weighted by molar-refractivity contribution is -0.0511. The van der Waals surface area contributed by atoms with Crippen LogP contribution >= 0.6 is 11.6 Å². The molecule has 1 aliphatic heterocycles. The first-order chi connectivity index (χ1) is 15.0. The Hall–Kier alpha value is -2.96. The second-order valence-electron chi connectivity index (χ2n) is 7.21. The smallest absolute Gasteiger partial charge is 0.166 e. The second-order valence-corrected chi connectivity index (χ2v) is 7.64. The predicted octanol–water partition coefficient (Wildman–Crippen LogP) is 0.398. The van der Waals surface area contributed by atoms with Crippen molar-refractivity contribution in [2.75, 3.05) is 6.61 Å². The number of benzene rings is 1. The van der Waals surface area contributed by atoms with Crippen LogP contribution < -0.4 is 0 Å². The van der Waals surface area contributed by atoms with Crippen molar-refractivity contribution in [2.45, 2.75) is 31.1 Å².